The summed E-state index contributed by atoms with van der Waals surface area (Å²) in [6.07, 6.45) is 2.16. The number of nitrogens with one attached hydrogen (secondary N) is 2. The zero-order valence-electron chi connectivity index (χ0n) is 18.4. The summed E-state index contributed by atoms with van der Waals surface area (Å²) >= 11 is 0. The SMILES string of the molecule is O=C(N[C@@H](Cc1ccccc1)C(=O)NCc1cccnc1N1CCOCC1)c1ccccc1. The van der Waals surface area contributed by atoms with Gasteiger partial charge in [0.15, 0.2) is 0 Å². The molecule has 1 saturated heterocycles. The number of aromatic nitrogens is 1. The quantitative estimate of drug-likeness (QED) is 0.558. The van der Waals surface area contributed by atoms with E-state index in [1.54, 1.807) is 30.5 Å². The van der Waals surface area contributed by atoms with Crippen LogP contribution < -0.4 is 15.5 Å². The van der Waals surface area contributed by atoms with Crippen molar-refractivity contribution in [2.75, 3.05) is 31.2 Å². The first kappa shape index (κ1) is 22.5. The predicted octanol–water partition coefficient (Wildman–Crippen LogP) is 2.58. The number of amides is 2. The van der Waals surface area contributed by atoms with Crippen LogP contribution in [0.15, 0.2) is 79.0 Å². The van der Waals surface area contributed by atoms with E-state index in [2.05, 4.69) is 20.5 Å². The first-order valence-electron chi connectivity index (χ1n) is 11.1. The van der Waals surface area contributed by atoms with Gasteiger partial charge in [-0.3, -0.25) is 9.59 Å². The zero-order valence-corrected chi connectivity index (χ0v) is 18.4. The highest BCUT2D eigenvalue weighted by atomic mass is 16.5. The van der Waals surface area contributed by atoms with Crippen molar-refractivity contribution in [1.82, 2.24) is 15.6 Å². The Labute approximate surface area is 193 Å². The summed E-state index contributed by atoms with van der Waals surface area (Å²) in [6.45, 7) is 3.18. The van der Waals surface area contributed by atoms with Crippen LogP contribution >= 0.6 is 0 Å². The van der Waals surface area contributed by atoms with Crippen molar-refractivity contribution in [1.29, 1.82) is 0 Å². The van der Waals surface area contributed by atoms with Crippen molar-refractivity contribution < 1.29 is 14.3 Å². The van der Waals surface area contributed by atoms with Crippen molar-refractivity contribution in [3.8, 4) is 0 Å². The third kappa shape index (κ3) is 6.17. The van der Waals surface area contributed by atoms with Gasteiger partial charge in [-0.05, 0) is 23.8 Å². The number of nitrogens with zero attached hydrogens (tertiary/aromatic N) is 2. The summed E-state index contributed by atoms with van der Waals surface area (Å²) in [5.41, 5.74) is 2.42. The molecule has 0 aliphatic carbocycles. The lowest BCUT2D eigenvalue weighted by Gasteiger charge is -2.29. The van der Waals surface area contributed by atoms with Gasteiger partial charge in [0.05, 0.1) is 13.2 Å². The van der Waals surface area contributed by atoms with Crippen LogP contribution in [-0.4, -0.2) is 49.1 Å². The van der Waals surface area contributed by atoms with E-state index in [1.807, 2.05) is 48.5 Å². The molecule has 2 aromatic carbocycles. The second-order valence-corrected chi connectivity index (χ2v) is 7.89. The van der Waals surface area contributed by atoms with Crippen LogP contribution in [-0.2, 0) is 22.5 Å². The number of hydrogen-bond acceptors (Lipinski definition) is 5. The standard InChI is InChI=1S/C26H28N4O3/c31-25(21-10-5-2-6-11-21)29-23(18-20-8-3-1-4-9-20)26(32)28-19-22-12-7-13-27-24(22)30-14-16-33-17-15-30/h1-13,23H,14-19H2,(H,28,32)(H,29,31)/t23-/m0/s1. The minimum Gasteiger partial charge on any atom is -0.378 e. The average molecular weight is 445 g/mol. The van der Waals surface area contributed by atoms with E-state index in [4.69, 9.17) is 4.74 Å². The molecule has 0 saturated carbocycles. The number of pyridine rings is 1. The largest absolute Gasteiger partial charge is 0.378 e. The molecule has 3 aromatic rings. The van der Waals surface area contributed by atoms with Crippen molar-refractivity contribution in [2.24, 2.45) is 0 Å². The number of anilines is 1. The van der Waals surface area contributed by atoms with Crippen molar-refractivity contribution in [2.45, 2.75) is 19.0 Å². The molecule has 2 N–H and O–H groups in total. The van der Waals surface area contributed by atoms with Gasteiger partial charge in [0.25, 0.3) is 5.91 Å². The summed E-state index contributed by atoms with van der Waals surface area (Å²) in [7, 11) is 0. The summed E-state index contributed by atoms with van der Waals surface area (Å²) in [4.78, 5) is 32.7. The monoisotopic (exact) mass is 444 g/mol. The molecule has 0 radical (unpaired) electrons. The molecule has 1 aliphatic rings. The normalized spacial score (nSPS) is 14.4. The molecule has 2 amide bonds. The van der Waals surface area contributed by atoms with Gasteiger partial charge in [-0.2, -0.15) is 0 Å². The highest BCUT2D eigenvalue weighted by molar-refractivity contribution is 5.97. The minimum absolute atomic E-state index is 0.236. The number of carbonyl (C=O) groups is 2. The number of ether oxygens (including phenoxy) is 1. The average Bonchev–Trinajstić information content (AvgIpc) is 2.88. The molecule has 7 nitrogen and oxygen atoms in total. The Morgan fingerprint density at radius 1 is 0.939 bits per heavy atom. The molecule has 4 rings (SSSR count). The Kier molecular flexibility index (Phi) is 7.66. The van der Waals surface area contributed by atoms with Crippen LogP contribution in [0.3, 0.4) is 0 Å². The van der Waals surface area contributed by atoms with Gasteiger partial charge in [0, 0.05) is 43.4 Å². The predicted molar refractivity (Wildman–Crippen MR) is 127 cm³/mol. The molecule has 0 spiro atoms. The summed E-state index contributed by atoms with van der Waals surface area (Å²) < 4.78 is 5.44. The number of rotatable bonds is 8. The van der Waals surface area contributed by atoms with E-state index in [0.29, 0.717) is 31.7 Å². The maximum atomic E-state index is 13.2. The maximum Gasteiger partial charge on any atom is 0.251 e. The highest BCUT2D eigenvalue weighted by Gasteiger charge is 2.23. The van der Waals surface area contributed by atoms with Gasteiger partial charge in [-0.25, -0.2) is 4.98 Å². The third-order valence-electron chi connectivity index (χ3n) is 5.57. The fraction of sp³-hybridized carbons (Fsp3) is 0.269. The molecule has 2 heterocycles. The molecular weight excluding hydrogens is 416 g/mol. The summed E-state index contributed by atoms with van der Waals surface area (Å²) in [5, 5.41) is 5.91. The molecule has 33 heavy (non-hydrogen) atoms. The first-order valence-corrected chi connectivity index (χ1v) is 11.1. The van der Waals surface area contributed by atoms with E-state index in [9.17, 15) is 9.59 Å². The zero-order chi connectivity index (χ0) is 22.9. The van der Waals surface area contributed by atoms with Gasteiger partial charge in [0.1, 0.15) is 11.9 Å². The Bertz CT molecular complexity index is 1050. The van der Waals surface area contributed by atoms with Crippen LogP contribution in [0.2, 0.25) is 0 Å². The molecule has 1 atom stereocenters. The van der Waals surface area contributed by atoms with Crippen LogP contribution in [0.1, 0.15) is 21.5 Å². The number of morpholine rings is 1. The van der Waals surface area contributed by atoms with Gasteiger partial charge in [-0.15, -0.1) is 0 Å². The van der Waals surface area contributed by atoms with Gasteiger partial charge in [-0.1, -0.05) is 54.6 Å². The Balaban J connectivity index is 1.46. The van der Waals surface area contributed by atoms with Crippen LogP contribution in [0.25, 0.3) is 0 Å². The summed E-state index contributed by atoms with van der Waals surface area (Å²) in [6, 6.07) is 21.7. The summed E-state index contributed by atoms with van der Waals surface area (Å²) in [5.74, 6) is 0.344. The van der Waals surface area contributed by atoms with E-state index in [1.165, 1.54) is 0 Å². The second kappa shape index (κ2) is 11.2. The topological polar surface area (TPSA) is 83.6 Å². The van der Waals surface area contributed by atoms with Crippen molar-refractivity contribution in [3.05, 3.63) is 95.7 Å². The van der Waals surface area contributed by atoms with Crippen molar-refractivity contribution >= 4 is 17.6 Å². The molecule has 1 aromatic heterocycles. The number of hydrogen-bond donors (Lipinski definition) is 2. The lowest BCUT2D eigenvalue weighted by molar-refractivity contribution is -0.123. The molecule has 1 fully saturated rings. The highest BCUT2D eigenvalue weighted by Crippen LogP contribution is 2.18. The van der Waals surface area contributed by atoms with E-state index < -0.39 is 6.04 Å². The maximum absolute atomic E-state index is 13.2. The third-order valence-corrected chi connectivity index (χ3v) is 5.57. The fourth-order valence-corrected chi connectivity index (χ4v) is 3.82. The van der Waals surface area contributed by atoms with Crippen LogP contribution in [0.4, 0.5) is 5.82 Å². The molecular formula is C26H28N4O3. The van der Waals surface area contributed by atoms with E-state index in [0.717, 1.165) is 30.0 Å². The number of benzene rings is 2. The Hall–Kier alpha value is -3.71. The van der Waals surface area contributed by atoms with Crippen LogP contribution in [0, 0.1) is 0 Å². The van der Waals surface area contributed by atoms with Gasteiger partial charge >= 0.3 is 0 Å². The first-order chi connectivity index (χ1) is 16.2. The van der Waals surface area contributed by atoms with E-state index >= 15 is 0 Å². The number of carbonyl (C=O) groups excluding carboxylic acids is 2. The van der Waals surface area contributed by atoms with Gasteiger partial charge < -0.3 is 20.3 Å². The van der Waals surface area contributed by atoms with Crippen molar-refractivity contribution in [3.63, 3.8) is 0 Å². The lowest BCUT2D eigenvalue weighted by Crippen LogP contribution is -2.48. The molecule has 1 aliphatic heterocycles. The minimum atomic E-state index is -0.705. The van der Waals surface area contributed by atoms with Gasteiger partial charge in [0.2, 0.25) is 5.91 Å². The Morgan fingerprint density at radius 2 is 1.64 bits per heavy atom. The Morgan fingerprint density at radius 3 is 2.36 bits per heavy atom. The molecule has 170 valence electrons. The smallest absolute Gasteiger partial charge is 0.251 e. The van der Waals surface area contributed by atoms with Crippen LogP contribution in [0.5, 0.6) is 0 Å². The van der Waals surface area contributed by atoms with E-state index in [-0.39, 0.29) is 11.8 Å². The molecule has 0 unspecified atom stereocenters. The fourth-order valence-electron chi connectivity index (χ4n) is 3.82. The second-order valence-electron chi connectivity index (χ2n) is 7.89. The molecule has 7 heteroatoms. The molecule has 0 bridgehead atoms. The lowest BCUT2D eigenvalue weighted by atomic mass is 10.0.